The molecule has 0 rings (SSSR count). The molecule has 3 heteroatoms. The molecule has 0 amide bonds. The van der Waals surface area contributed by atoms with E-state index in [1.807, 2.05) is 0 Å². The Hall–Kier alpha value is 0.120. The lowest BCUT2D eigenvalue weighted by Crippen LogP contribution is -1.68. The quantitative estimate of drug-likeness (QED) is 0.488. The van der Waals surface area contributed by atoms with Crippen molar-refractivity contribution < 1.29 is 4.74 Å². The fourth-order valence-electron chi connectivity index (χ4n) is 0.0445. The Kier molecular flexibility index (Phi) is 3.38. The van der Waals surface area contributed by atoms with E-state index in [2.05, 4.69) is 4.74 Å². The molecule has 0 atom stereocenters. The lowest BCUT2D eigenvalue weighted by atomic mass is 11.1. The molecular weight excluding hydrogens is 123 g/mol. The molecule has 0 aromatic rings. The molecule has 36 valence electrons. The van der Waals surface area contributed by atoms with E-state index < -0.39 is 0 Å². The van der Waals surface area contributed by atoms with Gasteiger partial charge in [0.2, 0.25) is 0 Å². The molecule has 0 unspecified atom stereocenters. The number of methoxy groups -OCH3 is 1. The highest BCUT2D eigenvalue weighted by Gasteiger charge is 1.78. The van der Waals surface area contributed by atoms with Gasteiger partial charge in [0.25, 0.3) is 0 Å². The number of ether oxygens (including phenoxy) is 1. The number of hydrogen-bond donors (Lipinski definition) is 0. The molecule has 0 aliphatic heterocycles. The average Bonchev–Trinajstić information content (AvgIpc) is 1.65. The molecule has 0 aliphatic rings. The number of hydrogen-bond acceptors (Lipinski definition) is 1. The second kappa shape index (κ2) is 3.32. The van der Waals surface area contributed by atoms with E-state index in [1.165, 1.54) is 7.11 Å². The van der Waals surface area contributed by atoms with E-state index in [-0.39, 0.29) is 5.22 Å². The summed E-state index contributed by atoms with van der Waals surface area (Å²) in [5, 5.41) is 0.205. The third-order valence-electron chi connectivity index (χ3n) is 0.281. The maximum Gasteiger partial charge on any atom is 0.198 e. The molecule has 6 heavy (non-hydrogen) atoms. The Morgan fingerprint density at radius 3 is 2.33 bits per heavy atom. The monoisotopic (exact) mass is 126 g/mol. The molecule has 0 saturated heterocycles. The van der Waals surface area contributed by atoms with Crippen molar-refractivity contribution in [2.75, 3.05) is 7.11 Å². The summed E-state index contributed by atoms with van der Waals surface area (Å²) in [4.78, 5) is 0. The van der Waals surface area contributed by atoms with Crippen LogP contribution in [0, 0.1) is 0 Å². The third-order valence-corrected chi connectivity index (χ3v) is 0.854. The molecule has 0 aromatic carbocycles. The van der Waals surface area contributed by atoms with Crippen molar-refractivity contribution >= 4 is 23.2 Å². The Labute approximate surface area is 46.5 Å². The van der Waals surface area contributed by atoms with Crippen molar-refractivity contribution in [3.05, 3.63) is 10.8 Å². The first-order valence-electron chi connectivity index (χ1n) is 1.31. The van der Waals surface area contributed by atoms with E-state index in [0.717, 1.165) is 5.54 Å². The molecule has 0 spiro atoms. The minimum Gasteiger partial charge on any atom is -0.486 e. The van der Waals surface area contributed by atoms with Crippen LogP contribution >= 0.6 is 23.2 Å². The highest BCUT2D eigenvalue weighted by Crippen LogP contribution is 2.00. The Morgan fingerprint density at radius 2 is 2.33 bits per heavy atom. The summed E-state index contributed by atoms with van der Waals surface area (Å²) in [5.74, 6) is 0. The number of halogens is 2. The fourth-order valence-corrected chi connectivity index (χ4v) is 0.134. The predicted octanol–water partition coefficient (Wildman–Crippen LogP) is 1.91. The Balaban J connectivity index is 3.22. The van der Waals surface area contributed by atoms with Crippen molar-refractivity contribution in [3.63, 3.8) is 0 Å². The number of rotatable bonds is 1. The van der Waals surface area contributed by atoms with Gasteiger partial charge in [-0.15, -0.1) is 0 Å². The molecule has 0 radical (unpaired) electrons. The van der Waals surface area contributed by atoms with Crippen LogP contribution in [-0.2, 0) is 4.74 Å². The van der Waals surface area contributed by atoms with Crippen molar-refractivity contribution in [1.29, 1.82) is 0 Å². The van der Waals surface area contributed by atoms with Crippen molar-refractivity contribution in [2.45, 2.75) is 0 Å². The largest absolute Gasteiger partial charge is 0.486 e. The van der Waals surface area contributed by atoms with Crippen LogP contribution in [0.25, 0.3) is 0 Å². The lowest BCUT2D eigenvalue weighted by Gasteiger charge is -1.87. The van der Waals surface area contributed by atoms with Crippen LogP contribution in [0.4, 0.5) is 0 Å². The van der Waals surface area contributed by atoms with Gasteiger partial charge in [0.05, 0.1) is 12.6 Å². The second-order valence-electron chi connectivity index (χ2n) is 0.617. The topological polar surface area (TPSA) is 9.23 Å². The molecule has 0 fully saturated rings. The maximum absolute atomic E-state index is 5.16. The van der Waals surface area contributed by atoms with E-state index in [9.17, 15) is 0 Å². The molecule has 1 nitrogen and oxygen atoms in total. The summed E-state index contributed by atoms with van der Waals surface area (Å²) in [6.45, 7) is 0. The average molecular weight is 127 g/mol. The molecular formula is C3H4Cl2O. The highest BCUT2D eigenvalue weighted by atomic mass is 35.5. The second-order valence-corrected chi connectivity index (χ2v) is 1.21. The first-order chi connectivity index (χ1) is 2.81. The SMILES string of the molecule is CO/C(Cl)=C\Cl. The summed E-state index contributed by atoms with van der Waals surface area (Å²) in [6, 6.07) is 0. The van der Waals surface area contributed by atoms with Crippen LogP contribution in [0.5, 0.6) is 0 Å². The Morgan fingerprint density at radius 1 is 1.83 bits per heavy atom. The van der Waals surface area contributed by atoms with Crippen LogP contribution < -0.4 is 0 Å². The minimum absolute atomic E-state index is 0.205. The van der Waals surface area contributed by atoms with Crippen molar-refractivity contribution in [1.82, 2.24) is 0 Å². The Bertz CT molecular complexity index is 59.8. The van der Waals surface area contributed by atoms with E-state index >= 15 is 0 Å². The van der Waals surface area contributed by atoms with Crippen molar-refractivity contribution in [2.24, 2.45) is 0 Å². The zero-order chi connectivity index (χ0) is 4.99. The van der Waals surface area contributed by atoms with Gasteiger partial charge in [0, 0.05) is 0 Å². The molecule has 0 saturated carbocycles. The zero-order valence-electron chi connectivity index (χ0n) is 3.24. The van der Waals surface area contributed by atoms with Crippen LogP contribution in [-0.4, -0.2) is 7.11 Å². The van der Waals surface area contributed by atoms with E-state index in [0.29, 0.717) is 0 Å². The van der Waals surface area contributed by atoms with Gasteiger partial charge in [-0.3, -0.25) is 0 Å². The van der Waals surface area contributed by atoms with Gasteiger partial charge in [-0.25, -0.2) is 0 Å². The van der Waals surface area contributed by atoms with Gasteiger partial charge >= 0.3 is 0 Å². The minimum atomic E-state index is 0.205. The van der Waals surface area contributed by atoms with Gasteiger partial charge in [-0.2, -0.15) is 0 Å². The predicted molar refractivity (Wildman–Crippen MR) is 26.8 cm³/mol. The summed E-state index contributed by atoms with van der Waals surface area (Å²) in [5.41, 5.74) is 1.15. The first-order valence-corrected chi connectivity index (χ1v) is 2.12. The molecule has 0 bridgehead atoms. The van der Waals surface area contributed by atoms with Gasteiger partial charge in [0.1, 0.15) is 0 Å². The molecule has 0 aliphatic carbocycles. The standard InChI is InChI=1S/C3H4Cl2O/c1-6-3(5)2-4/h2H,1H3/b3-2-. The summed E-state index contributed by atoms with van der Waals surface area (Å²) >= 11 is 10.2. The van der Waals surface area contributed by atoms with Crippen LogP contribution in [0.15, 0.2) is 10.8 Å². The van der Waals surface area contributed by atoms with Gasteiger partial charge in [-0.1, -0.05) is 11.6 Å². The third kappa shape index (κ3) is 2.36. The normalized spacial score (nSPS) is 11.5. The van der Waals surface area contributed by atoms with Gasteiger partial charge in [0.15, 0.2) is 5.22 Å². The van der Waals surface area contributed by atoms with Gasteiger partial charge in [-0.05, 0) is 11.6 Å². The molecule has 0 heterocycles. The van der Waals surface area contributed by atoms with Crippen LogP contribution in [0.3, 0.4) is 0 Å². The van der Waals surface area contributed by atoms with E-state index in [4.69, 9.17) is 23.2 Å². The summed E-state index contributed by atoms with van der Waals surface area (Å²) in [6.07, 6.45) is 0. The maximum atomic E-state index is 5.16. The smallest absolute Gasteiger partial charge is 0.198 e. The highest BCUT2D eigenvalue weighted by molar-refractivity contribution is 6.35. The molecule has 0 aromatic heterocycles. The first kappa shape index (κ1) is 6.12. The van der Waals surface area contributed by atoms with Gasteiger partial charge < -0.3 is 4.74 Å². The summed E-state index contributed by atoms with van der Waals surface area (Å²) < 4.78 is 4.39. The summed E-state index contributed by atoms with van der Waals surface area (Å²) in [7, 11) is 1.45. The van der Waals surface area contributed by atoms with Crippen LogP contribution in [0.2, 0.25) is 0 Å². The lowest BCUT2D eigenvalue weighted by molar-refractivity contribution is 0.322. The van der Waals surface area contributed by atoms with Crippen LogP contribution in [0.1, 0.15) is 0 Å². The fraction of sp³-hybridized carbons (Fsp3) is 0.333. The van der Waals surface area contributed by atoms with Crippen molar-refractivity contribution in [3.8, 4) is 0 Å². The molecule has 0 N–H and O–H groups in total. The van der Waals surface area contributed by atoms with E-state index in [1.54, 1.807) is 0 Å². The zero-order valence-corrected chi connectivity index (χ0v) is 4.75.